The predicted molar refractivity (Wildman–Crippen MR) is 59.3 cm³/mol. The number of carbonyl (C=O) groups is 2. The summed E-state index contributed by atoms with van der Waals surface area (Å²) in [4.78, 5) is 26.0. The average Bonchev–Trinajstić information content (AvgIpc) is 2.16. The molecule has 0 saturated carbocycles. The van der Waals surface area contributed by atoms with Crippen molar-refractivity contribution in [2.45, 2.75) is 20.3 Å². The Hall–Kier alpha value is -1.91. The fourth-order valence-electron chi connectivity index (χ4n) is 1.25. The minimum absolute atomic E-state index is 0.139. The third kappa shape index (κ3) is 3.34. The number of aromatic carboxylic acids is 1. The average molecular weight is 222 g/mol. The van der Waals surface area contributed by atoms with Crippen LogP contribution in [0.5, 0.6) is 0 Å². The number of hydrogen-bond acceptors (Lipinski definition) is 3. The van der Waals surface area contributed by atoms with Gasteiger partial charge in [0.25, 0.3) is 0 Å². The van der Waals surface area contributed by atoms with Crippen molar-refractivity contribution in [1.29, 1.82) is 0 Å². The number of pyridine rings is 1. The van der Waals surface area contributed by atoms with Crippen molar-refractivity contribution in [3.63, 3.8) is 0 Å². The van der Waals surface area contributed by atoms with Gasteiger partial charge in [0, 0.05) is 12.6 Å². The number of carboxylic acids is 1. The third-order valence-corrected chi connectivity index (χ3v) is 1.88. The zero-order valence-electron chi connectivity index (χ0n) is 9.23. The molecule has 0 aromatic carbocycles. The van der Waals surface area contributed by atoms with Crippen molar-refractivity contribution in [3.05, 3.63) is 24.0 Å². The SMILES string of the molecule is CC(C)CC(=O)Nc1cccnc1C(=O)O. The van der Waals surface area contributed by atoms with Crippen LogP contribution in [0.3, 0.4) is 0 Å². The molecule has 0 radical (unpaired) electrons. The number of nitrogens with one attached hydrogen (secondary N) is 1. The van der Waals surface area contributed by atoms with Gasteiger partial charge in [0.2, 0.25) is 5.91 Å². The van der Waals surface area contributed by atoms with Crippen LogP contribution in [0.15, 0.2) is 18.3 Å². The van der Waals surface area contributed by atoms with Gasteiger partial charge in [-0.05, 0) is 18.1 Å². The van der Waals surface area contributed by atoms with Crippen LogP contribution in [-0.4, -0.2) is 22.0 Å². The summed E-state index contributed by atoms with van der Waals surface area (Å²) in [5.74, 6) is -1.13. The molecule has 0 aliphatic rings. The van der Waals surface area contributed by atoms with E-state index in [1.165, 1.54) is 12.3 Å². The minimum Gasteiger partial charge on any atom is -0.476 e. The van der Waals surface area contributed by atoms with Crippen molar-refractivity contribution in [1.82, 2.24) is 4.98 Å². The fourth-order valence-corrected chi connectivity index (χ4v) is 1.25. The number of aromatic nitrogens is 1. The van der Waals surface area contributed by atoms with E-state index in [0.717, 1.165) is 0 Å². The topological polar surface area (TPSA) is 79.3 Å². The van der Waals surface area contributed by atoms with Crippen LogP contribution in [0.4, 0.5) is 5.69 Å². The number of carboxylic acid groups (broad SMARTS) is 1. The molecule has 1 rings (SSSR count). The smallest absolute Gasteiger partial charge is 0.356 e. The lowest BCUT2D eigenvalue weighted by Gasteiger charge is -2.08. The van der Waals surface area contributed by atoms with Crippen LogP contribution in [-0.2, 0) is 4.79 Å². The Morgan fingerprint density at radius 3 is 2.75 bits per heavy atom. The number of rotatable bonds is 4. The summed E-state index contributed by atoms with van der Waals surface area (Å²) in [7, 11) is 0. The van der Waals surface area contributed by atoms with Gasteiger partial charge in [0.05, 0.1) is 5.69 Å². The molecule has 1 amide bonds. The van der Waals surface area contributed by atoms with E-state index in [1.807, 2.05) is 13.8 Å². The van der Waals surface area contributed by atoms with Gasteiger partial charge in [-0.2, -0.15) is 0 Å². The van der Waals surface area contributed by atoms with Crippen molar-refractivity contribution >= 4 is 17.6 Å². The fraction of sp³-hybridized carbons (Fsp3) is 0.364. The molecule has 0 bridgehead atoms. The van der Waals surface area contributed by atoms with Crippen LogP contribution in [0.25, 0.3) is 0 Å². The van der Waals surface area contributed by atoms with Crippen LogP contribution in [0.1, 0.15) is 30.8 Å². The minimum atomic E-state index is -1.15. The van der Waals surface area contributed by atoms with E-state index < -0.39 is 5.97 Å². The second-order valence-corrected chi connectivity index (χ2v) is 3.85. The van der Waals surface area contributed by atoms with Gasteiger partial charge in [-0.15, -0.1) is 0 Å². The maximum atomic E-state index is 11.5. The highest BCUT2D eigenvalue weighted by atomic mass is 16.4. The lowest BCUT2D eigenvalue weighted by Crippen LogP contribution is -2.16. The van der Waals surface area contributed by atoms with Crippen molar-refractivity contribution in [3.8, 4) is 0 Å². The summed E-state index contributed by atoms with van der Waals surface area (Å²) in [5, 5.41) is 11.4. The predicted octanol–water partition coefficient (Wildman–Crippen LogP) is 1.76. The zero-order valence-corrected chi connectivity index (χ0v) is 9.23. The van der Waals surface area contributed by atoms with Gasteiger partial charge < -0.3 is 10.4 Å². The van der Waals surface area contributed by atoms with Gasteiger partial charge in [0.15, 0.2) is 5.69 Å². The molecule has 0 aliphatic carbocycles. The normalized spacial score (nSPS) is 10.2. The van der Waals surface area contributed by atoms with E-state index in [-0.39, 0.29) is 23.2 Å². The Labute approximate surface area is 93.5 Å². The van der Waals surface area contributed by atoms with Crippen LogP contribution in [0.2, 0.25) is 0 Å². The zero-order chi connectivity index (χ0) is 12.1. The molecule has 2 N–H and O–H groups in total. The molecule has 1 aromatic heterocycles. The summed E-state index contributed by atoms with van der Waals surface area (Å²) in [6, 6.07) is 3.10. The summed E-state index contributed by atoms with van der Waals surface area (Å²) in [5.41, 5.74) is 0.0975. The Bertz CT molecular complexity index is 402. The lowest BCUT2D eigenvalue weighted by atomic mass is 10.1. The molecular weight excluding hydrogens is 208 g/mol. The molecule has 86 valence electrons. The number of carbonyl (C=O) groups excluding carboxylic acids is 1. The summed E-state index contributed by atoms with van der Waals surface area (Å²) in [6.45, 7) is 3.84. The molecular formula is C11H14N2O3. The maximum absolute atomic E-state index is 11.5. The number of nitrogens with zero attached hydrogens (tertiary/aromatic N) is 1. The molecule has 0 aliphatic heterocycles. The summed E-state index contributed by atoms with van der Waals surface area (Å²) < 4.78 is 0. The number of amides is 1. The molecule has 5 heteroatoms. The van der Waals surface area contributed by atoms with Crippen molar-refractivity contribution < 1.29 is 14.7 Å². The van der Waals surface area contributed by atoms with Crippen LogP contribution < -0.4 is 5.32 Å². The number of hydrogen-bond donors (Lipinski definition) is 2. The molecule has 0 fully saturated rings. The Morgan fingerprint density at radius 2 is 2.19 bits per heavy atom. The van der Waals surface area contributed by atoms with Gasteiger partial charge in [0.1, 0.15) is 0 Å². The third-order valence-electron chi connectivity index (χ3n) is 1.88. The monoisotopic (exact) mass is 222 g/mol. The summed E-state index contributed by atoms with van der Waals surface area (Å²) >= 11 is 0. The first-order valence-corrected chi connectivity index (χ1v) is 4.99. The molecule has 0 spiro atoms. The second-order valence-electron chi connectivity index (χ2n) is 3.85. The molecule has 1 heterocycles. The standard InChI is InChI=1S/C11H14N2O3/c1-7(2)6-9(14)13-8-4-3-5-12-10(8)11(15)16/h3-5,7H,6H2,1-2H3,(H,13,14)(H,15,16). The van der Waals surface area contributed by atoms with Crippen LogP contribution >= 0.6 is 0 Å². The highest BCUT2D eigenvalue weighted by Crippen LogP contribution is 2.13. The first-order chi connectivity index (χ1) is 7.50. The first kappa shape index (κ1) is 12.2. The van der Waals surface area contributed by atoms with E-state index >= 15 is 0 Å². The van der Waals surface area contributed by atoms with Crippen molar-refractivity contribution in [2.24, 2.45) is 5.92 Å². The van der Waals surface area contributed by atoms with E-state index in [0.29, 0.717) is 6.42 Å². The largest absolute Gasteiger partial charge is 0.476 e. The van der Waals surface area contributed by atoms with Crippen LogP contribution in [0, 0.1) is 5.92 Å². The molecule has 0 unspecified atom stereocenters. The van der Waals surface area contributed by atoms with E-state index in [1.54, 1.807) is 6.07 Å². The molecule has 0 atom stereocenters. The molecule has 1 aromatic rings. The Morgan fingerprint density at radius 1 is 1.50 bits per heavy atom. The van der Waals surface area contributed by atoms with E-state index in [4.69, 9.17) is 5.11 Å². The Balaban J connectivity index is 2.81. The van der Waals surface area contributed by atoms with E-state index in [2.05, 4.69) is 10.3 Å². The van der Waals surface area contributed by atoms with Crippen molar-refractivity contribution in [2.75, 3.05) is 5.32 Å². The quantitative estimate of drug-likeness (QED) is 0.813. The number of anilines is 1. The highest BCUT2D eigenvalue weighted by Gasteiger charge is 2.13. The Kier molecular flexibility index (Phi) is 3.99. The van der Waals surface area contributed by atoms with E-state index in [9.17, 15) is 9.59 Å². The first-order valence-electron chi connectivity index (χ1n) is 4.99. The van der Waals surface area contributed by atoms with Gasteiger partial charge in [-0.1, -0.05) is 13.8 Å². The van der Waals surface area contributed by atoms with Gasteiger partial charge in [-0.3, -0.25) is 4.79 Å². The van der Waals surface area contributed by atoms with Gasteiger partial charge >= 0.3 is 5.97 Å². The maximum Gasteiger partial charge on any atom is 0.356 e. The second kappa shape index (κ2) is 5.25. The molecule has 16 heavy (non-hydrogen) atoms. The lowest BCUT2D eigenvalue weighted by molar-refractivity contribution is -0.116. The van der Waals surface area contributed by atoms with Gasteiger partial charge in [-0.25, -0.2) is 9.78 Å². The molecule has 5 nitrogen and oxygen atoms in total. The summed E-state index contributed by atoms with van der Waals surface area (Å²) in [6.07, 6.45) is 1.73. The highest BCUT2D eigenvalue weighted by molar-refractivity contribution is 5.99. The molecule has 0 saturated heterocycles.